The average Bonchev–Trinajstić information content (AvgIpc) is 3.47. The van der Waals surface area contributed by atoms with Crippen LogP contribution in [0.1, 0.15) is 73.7 Å². The van der Waals surface area contributed by atoms with Crippen molar-refractivity contribution in [1.29, 1.82) is 0 Å². The number of urea groups is 1. The minimum Gasteiger partial charge on any atom is -0.392 e. The van der Waals surface area contributed by atoms with Crippen LogP contribution in [0.4, 0.5) is 4.79 Å². The number of nitrogens with zero attached hydrogens (tertiary/aromatic N) is 1. The minimum atomic E-state index is -0.485. The molecule has 2 aliphatic rings. The molecule has 2 fully saturated rings. The fourth-order valence-electron chi connectivity index (χ4n) is 5.30. The molecule has 1 aliphatic carbocycles. The third-order valence-corrected chi connectivity index (χ3v) is 7.30. The van der Waals surface area contributed by atoms with Crippen LogP contribution in [0.15, 0.2) is 61.2 Å². The summed E-state index contributed by atoms with van der Waals surface area (Å²) in [5.74, 6) is 0. The zero-order valence-electron chi connectivity index (χ0n) is 21.9. The Morgan fingerprint density at radius 1 is 1.03 bits per heavy atom. The fraction of sp³-hybridized carbons (Fsp3) is 0.500. The molecule has 1 saturated heterocycles. The van der Waals surface area contributed by atoms with Crippen molar-refractivity contribution in [3.05, 3.63) is 83.4 Å². The summed E-state index contributed by atoms with van der Waals surface area (Å²) < 4.78 is 13.1. The van der Waals surface area contributed by atoms with Crippen molar-refractivity contribution in [2.24, 2.45) is 0 Å². The second kappa shape index (κ2) is 13.7. The van der Waals surface area contributed by atoms with E-state index in [-0.39, 0.29) is 24.8 Å². The van der Waals surface area contributed by atoms with E-state index in [2.05, 4.69) is 22.1 Å². The van der Waals surface area contributed by atoms with Crippen LogP contribution in [0.3, 0.4) is 0 Å². The first-order chi connectivity index (χ1) is 18.1. The summed E-state index contributed by atoms with van der Waals surface area (Å²) in [7, 11) is 0. The third-order valence-electron chi connectivity index (χ3n) is 7.30. The van der Waals surface area contributed by atoms with Crippen molar-refractivity contribution in [2.45, 2.75) is 76.7 Å². The number of carbonyl (C=O) groups excluding carboxylic acids is 1. The molecular formula is C30H41N3O4. The van der Waals surface area contributed by atoms with Gasteiger partial charge < -0.3 is 25.2 Å². The Morgan fingerprint density at radius 2 is 1.70 bits per heavy atom. The van der Waals surface area contributed by atoms with Crippen LogP contribution in [-0.2, 0) is 22.6 Å². The summed E-state index contributed by atoms with van der Waals surface area (Å²) in [4.78, 5) is 14.2. The maximum atomic E-state index is 11.7. The van der Waals surface area contributed by atoms with Crippen LogP contribution in [0.25, 0.3) is 0 Å². The van der Waals surface area contributed by atoms with Gasteiger partial charge in [-0.1, -0.05) is 67.4 Å². The van der Waals surface area contributed by atoms with E-state index in [1.54, 1.807) is 0 Å². The number of aliphatic hydroxyl groups is 1. The Hall–Kier alpha value is -2.71. The summed E-state index contributed by atoms with van der Waals surface area (Å²) in [5, 5.41) is 15.1. The minimum absolute atomic E-state index is 0.0147. The summed E-state index contributed by atoms with van der Waals surface area (Å²) in [5.41, 5.74) is 3.95. The van der Waals surface area contributed by atoms with Crippen LogP contribution < -0.4 is 10.6 Å². The highest BCUT2D eigenvalue weighted by molar-refractivity contribution is 5.73. The van der Waals surface area contributed by atoms with Crippen molar-refractivity contribution >= 4 is 6.03 Å². The van der Waals surface area contributed by atoms with Crippen LogP contribution in [0.5, 0.6) is 0 Å². The van der Waals surface area contributed by atoms with Gasteiger partial charge in [-0.25, -0.2) is 4.79 Å². The number of carbonyl (C=O) groups is 1. The Morgan fingerprint density at radius 3 is 2.35 bits per heavy atom. The molecule has 0 spiro atoms. The number of hydrogen-bond acceptors (Lipinski definition) is 5. The van der Waals surface area contributed by atoms with E-state index in [1.807, 2.05) is 61.5 Å². The van der Waals surface area contributed by atoms with Gasteiger partial charge in [0.25, 0.3) is 0 Å². The lowest BCUT2D eigenvalue weighted by Gasteiger charge is -2.39. The Bertz CT molecular complexity index is 989. The van der Waals surface area contributed by atoms with Gasteiger partial charge in [0.05, 0.1) is 18.8 Å². The van der Waals surface area contributed by atoms with E-state index < -0.39 is 6.29 Å². The van der Waals surface area contributed by atoms with Crippen molar-refractivity contribution in [2.75, 3.05) is 19.6 Å². The Balaban J connectivity index is 1.49. The van der Waals surface area contributed by atoms with Gasteiger partial charge in [0.1, 0.15) is 0 Å². The molecule has 37 heavy (non-hydrogen) atoms. The molecule has 0 bridgehead atoms. The van der Waals surface area contributed by atoms with E-state index in [4.69, 9.17) is 9.47 Å². The highest BCUT2D eigenvalue weighted by Gasteiger charge is 2.34. The van der Waals surface area contributed by atoms with Gasteiger partial charge >= 0.3 is 6.03 Å². The van der Waals surface area contributed by atoms with Crippen molar-refractivity contribution in [3.63, 3.8) is 0 Å². The fourth-order valence-corrected chi connectivity index (χ4v) is 5.30. The maximum absolute atomic E-state index is 11.7. The number of aliphatic hydroxyl groups excluding tert-OH is 1. The maximum Gasteiger partial charge on any atom is 0.315 e. The number of amides is 2. The summed E-state index contributed by atoms with van der Waals surface area (Å²) >= 11 is 0. The van der Waals surface area contributed by atoms with Crippen LogP contribution in [0.2, 0.25) is 0 Å². The molecule has 1 heterocycles. The summed E-state index contributed by atoms with van der Waals surface area (Å²) in [6, 6.07) is 16.5. The second-order valence-electron chi connectivity index (χ2n) is 9.99. The molecule has 7 nitrogen and oxygen atoms in total. The highest BCUT2D eigenvalue weighted by Crippen LogP contribution is 2.38. The first-order valence-electron chi connectivity index (χ1n) is 13.6. The Kier molecular flexibility index (Phi) is 10.1. The normalized spacial score (nSPS) is 22.2. The van der Waals surface area contributed by atoms with Gasteiger partial charge in [-0.05, 0) is 36.5 Å². The zero-order valence-corrected chi connectivity index (χ0v) is 21.9. The molecule has 1 saturated carbocycles. The smallest absolute Gasteiger partial charge is 0.315 e. The standard InChI is InChI=1S/C30H41N3O4/c1-3-17-33(26-7-5-6-8-26)20-27-18-28(24-13-11-23(21-34)12-14-24)37-29(36-27)25-15-9-22(10-16-25)19-32-30(35)31-4-2/h3,9-16,26-29,34H,1,4-8,17-21H2,2H3,(H2,31,32,35)/t27-,28+,29+/m1/s1. The molecule has 2 amide bonds. The van der Waals surface area contributed by atoms with E-state index in [0.29, 0.717) is 19.1 Å². The highest BCUT2D eigenvalue weighted by atomic mass is 16.7. The first kappa shape index (κ1) is 27.3. The number of ether oxygens (including phenoxy) is 2. The Labute approximate surface area is 220 Å². The molecule has 0 aromatic heterocycles. The van der Waals surface area contributed by atoms with Crippen molar-refractivity contribution < 1.29 is 19.4 Å². The molecular weight excluding hydrogens is 466 g/mol. The first-order valence-corrected chi connectivity index (χ1v) is 13.6. The molecule has 2 aromatic carbocycles. The monoisotopic (exact) mass is 507 g/mol. The number of rotatable bonds is 11. The topological polar surface area (TPSA) is 83.1 Å². The quantitative estimate of drug-likeness (QED) is 0.374. The lowest BCUT2D eigenvalue weighted by Crippen LogP contribution is -2.43. The van der Waals surface area contributed by atoms with Crippen molar-refractivity contribution in [1.82, 2.24) is 15.5 Å². The van der Waals surface area contributed by atoms with Crippen LogP contribution >= 0.6 is 0 Å². The van der Waals surface area contributed by atoms with Gasteiger partial charge in [0.15, 0.2) is 6.29 Å². The molecule has 3 N–H and O–H groups in total. The van der Waals surface area contributed by atoms with Crippen LogP contribution in [-0.4, -0.2) is 47.8 Å². The summed E-state index contributed by atoms with van der Waals surface area (Å²) in [6.07, 6.45) is 7.23. The third kappa shape index (κ3) is 7.65. The van der Waals surface area contributed by atoms with E-state index in [1.165, 1.54) is 25.7 Å². The second-order valence-corrected chi connectivity index (χ2v) is 9.99. The van der Waals surface area contributed by atoms with E-state index in [9.17, 15) is 9.90 Å². The molecule has 0 unspecified atom stereocenters. The van der Waals surface area contributed by atoms with Gasteiger partial charge in [0.2, 0.25) is 0 Å². The molecule has 0 radical (unpaired) electrons. The van der Waals surface area contributed by atoms with Gasteiger partial charge in [-0.15, -0.1) is 6.58 Å². The zero-order chi connectivity index (χ0) is 26.0. The molecule has 4 rings (SSSR count). The van der Waals surface area contributed by atoms with Crippen molar-refractivity contribution in [3.8, 4) is 0 Å². The lowest BCUT2D eigenvalue weighted by molar-refractivity contribution is -0.253. The summed E-state index contributed by atoms with van der Waals surface area (Å²) in [6.45, 7) is 8.67. The largest absolute Gasteiger partial charge is 0.392 e. The average molecular weight is 508 g/mol. The van der Waals surface area contributed by atoms with Gasteiger partial charge in [-0.2, -0.15) is 0 Å². The molecule has 7 heteroatoms. The molecule has 3 atom stereocenters. The number of benzene rings is 2. The predicted octanol–water partition coefficient (Wildman–Crippen LogP) is 4.97. The lowest BCUT2D eigenvalue weighted by atomic mass is 9.99. The number of hydrogen-bond donors (Lipinski definition) is 3. The predicted molar refractivity (Wildman–Crippen MR) is 145 cm³/mol. The van der Waals surface area contributed by atoms with Crippen LogP contribution in [0, 0.1) is 0 Å². The van der Waals surface area contributed by atoms with Gasteiger partial charge in [-0.3, -0.25) is 4.90 Å². The van der Waals surface area contributed by atoms with E-state index >= 15 is 0 Å². The van der Waals surface area contributed by atoms with E-state index in [0.717, 1.165) is 41.8 Å². The van der Waals surface area contributed by atoms with Gasteiger partial charge in [0, 0.05) is 44.2 Å². The molecule has 200 valence electrons. The molecule has 1 aliphatic heterocycles. The number of nitrogens with one attached hydrogen (secondary N) is 2. The molecule has 2 aromatic rings. The SMILES string of the molecule is C=CCN(C[C@H]1C[C@@H](c2ccc(CO)cc2)O[C@@H](c2ccc(CNC(=O)NCC)cc2)O1)C1CCCC1.